The summed E-state index contributed by atoms with van der Waals surface area (Å²) in [6, 6.07) is 8.42. The van der Waals surface area contributed by atoms with Crippen LogP contribution < -0.4 is 11.1 Å². The number of hydrogen-bond donors (Lipinski definition) is 2. The summed E-state index contributed by atoms with van der Waals surface area (Å²) in [4.78, 5) is 18.8. The van der Waals surface area contributed by atoms with Crippen LogP contribution in [0, 0.1) is 23.2 Å². The third-order valence-electron chi connectivity index (χ3n) is 5.69. The normalized spacial score (nSPS) is 17.9. The van der Waals surface area contributed by atoms with Crippen molar-refractivity contribution in [3.05, 3.63) is 29.8 Å². The Morgan fingerprint density at radius 2 is 2.03 bits per heavy atom. The van der Waals surface area contributed by atoms with E-state index in [1.807, 2.05) is 0 Å². The average Bonchev–Trinajstić information content (AvgIpc) is 2.73. The van der Waals surface area contributed by atoms with Gasteiger partial charge in [-0.25, -0.2) is 4.79 Å². The lowest BCUT2D eigenvalue weighted by Crippen LogP contribution is -2.42. The monoisotopic (exact) mass is 397 g/mol. The predicted octanol–water partition coefficient (Wildman–Crippen LogP) is 4.77. The minimum absolute atomic E-state index is 0.108. The van der Waals surface area contributed by atoms with Crippen LogP contribution in [0.4, 0.5) is 10.5 Å². The lowest BCUT2D eigenvalue weighted by molar-refractivity contribution is 0.186. The van der Waals surface area contributed by atoms with Crippen molar-refractivity contribution in [2.45, 2.75) is 58.8 Å². The number of piperidine rings is 1. The third kappa shape index (κ3) is 7.51. The molecule has 0 spiro atoms. The number of amides is 2. The van der Waals surface area contributed by atoms with E-state index in [0.29, 0.717) is 17.1 Å². The van der Waals surface area contributed by atoms with E-state index >= 15 is 0 Å². The van der Waals surface area contributed by atoms with Gasteiger partial charge in [-0.05, 0) is 50.4 Å². The van der Waals surface area contributed by atoms with Crippen LogP contribution in [0.1, 0.15) is 64.4 Å². The zero-order valence-electron chi connectivity index (χ0n) is 17.9. The van der Waals surface area contributed by atoms with Crippen molar-refractivity contribution in [1.82, 2.24) is 4.90 Å². The first kappa shape index (κ1) is 22.9. The van der Waals surface area contributed by atoms with Crippen LogP contribution in [-0.4, -0.2) is 36.4 Å². The number of nitrogens with one attached hydrogen (secondary N) is 1. The van der Waals surface area contributed by atoms with E-state index in [1.165, 1.54) is 32.1 Å². The van der Waals surface area contributed by atoms with E-state index in [0.717, 1.165) is 38.4 Å². The molecule has 6 heteroatoms. The number of nitrogens with zero attached hydrogens (tertiary/aromatic N) is 3. The molecule has 1 atom stereocenters. The zero-order chi connectivity index (χ0) is 21.1. The molecule has 1 fully saturated rings. The number of carbonyl (C=O) groups is 1. The molecule has 2 amide bonds. The predicted molar refractivity (Wildman–Crippen MR) is 119 cm³/mol. The molecule has 6 nitrogen and oxygen atoms in total. The number of nitrogens with two attached hydrogens (primary N) is 1. The lowest BCUT2D eigenvalue weighted by Gasteiger charge is -2.33. The maximum absolute atomic E-state index is 12.3. The Morgan fingerprint density at radius 3 is 2.72 bits per heavy atom. The van der Waals surface area contributed by atoms with Gasteiger partial charge in [0.1, 0.15) is 11.9 Å². The fourth-order valence-corrected chi connectivity index (χ4v) is 4.16. The maximum Gasteiger partial charge on any atom is 0.347 e. The Labute approximate surface area is 175 Å². The van der Waals surface area contributed by atoms with Gasteiger partial charge in [-0.1, -0.05) is 51.7 Å². The van der Waals surface area contributed by atoms with Gasteiger partial charge in [0.2, 0.25) is 0 Å². The molecule has 1 saturated heterocycles. The number of amidine groups is 1. The smallest absolute Gasteiger partial charge is 0.347 e. The highest BCUT2D eigenvalue weighted by molar-refractivity contribution is 6.00. The molecule has 0 aromatic heterocycles. The molecule has 0 aliphatic carbocycles. The Kier molecular flexibility index (Phi) is 9.66. The van der Waals surface area contributed by atoms with E-state index in [-0.39, 0.29) is 5.92 Å². The van der Waals surface area contributed by atoms with Gasteiger partial charge in [0.05, 0.1) is 11.3 Å². The third-order valence-corrected chi connectivity index (χ3v) is 5.69. The summed E-state index contributed by atoms with van der Waals surface area (Å²) in [5.41, 5.74) is 7.05. The molecule has 1 aliphatic rings. The van der Waals surface area contributed by atoms with Crippen LogP contribution in [0.2, 0.25) is 0 Å². The molecule has 1 aromatic carbocycles. The van der Waals surface area contributed by atoms with Crippen molar-refractivity contribution in [2.24, 2.45) is 22.6 Å². The number of carbonyl (C=O) groups excluding carboxylic acids is 1. The maximum atomic E-state index is 12.3. The van der Waals surface area contributed by atoms with Gasteiger partial charge in [-0.3, -0.25) is 0 Å². The number of anilines is 1. The number of benzene rings is 1. The molecule has 1 aliphatic heterocycles. The molecular formula is C23H35N5O. The summed E-state index contributed by atoms with van der Waals surface area (Å²) in [6.07, 6.45) is 8.37. The van der Waals surface area contributed by atoms with Gasteiger partial charge in [-0.2, -0.15) is 10.3 Å². The van der Waals surface area contributed by atoms with Crippen molar-refractivity contribution in [2.75, 3.05) is 25.0 Å². The molecule has 0 radical (unpaired) electrons. The molecule has 1 heterocycles. The second-order valence-corrected chi connectivity index (χ2v) is 8.00. The highest BCUT2D eigenvalue weighted by Gasteiger charge is 2.24. The minimum atomic E-state index is -0.520. The number of para-hydroxylation sites is 1. The number of likely N-dealkylation sites (tertiary alicyclic amines) is 1. The van der Waals surface area contributed by atoms with Crippen molar-refractivity contribution < 1.29 is 4.79 Å². The molecule has 158 valence electrons. The summed E-state index contributed by atoms with van der Waals surface area (Å²) >= 11 is 0. The molecule has 1 aromatic rings. The summed E-state index contributed by atoms with van der Waals surface area (Å²) in [6.45, 7) is 7.57. The topological polar surface area (TPSA) is 94.5 Å². The van der Waals surface area contributed by atoms with Gasteiger partial charge in [0.15, 0.2) is 0 Å². The van der Waals surface area contributed by atoms with Crippen LogP contribution in [0.3, 0.4) is 0 Å². The first-order chi connectivity index (χ1) is 14.1. The summed E-state index contributed by atoms with van der Waals surface area (Å²) in [7, 11) is 0. The molecule has 29 heavy (non-hydrogen) atoms. The van der Waals surface area contributed by atoms with Gasteiger partial charge in [0, 0.05) is 12.5 Å². The Bertz CT molecular complexity index is 718. The van der Waals surface area contributed by atoms with Crippen LogP contribution in [0.25, 0.3) is 0 Å². The molecular weight excluding hydrogens is 362 g/mol. The van der Waals surface area contributed by atoms with Crippen LogP contribution >= 0.6 is 0 Å². The minimum Gasteiger partial charge on any atom is -0.387 e. The van der Waals surface area contributed by atoms with Crippen molar-refractivity contribution >= 4 is 17.6 Å². The van der Waals surface area contributed by atoms with Crippen molar-refractivity contribution in [3.8, 4) is 6.07 Å². The highest BCUT2D eigenvalue weighted by atomic mass is 16.2. The second-order valence-electron chi connectivity index (χ2n) is 8.00. The first-order valence-corrected chi connectivity index (χ1v) is 10.9. The highest BCUT2D eigenvalue weighted by Crippen LogP contribution is 2.22. The van der Waals surface area contributed by atoms with Gasteiger partial charge in [-0.15, -0.1) is 0 Å². The number of aliphatic imine (C=N–C) groups is 1. The lowest BCUT2D eigenvalue weighted by atomic mass is 9.93. The quantitative estimate of drug-likeness (QED) is 0.464. The van der Waals surface area contributed by atoms with Crippen LogP contribution in [0.15, 0.2) is 29.3 Å². The van der Waals surface area contributed by atoms with Gasteiger partial charge >= 0.3 is 6.03 Å². The number of nitriles is 1. The average molecular weight is 398 g/mol. The summed E-state index contributed by atoms with van der Waals surface area (Å²) in [5.74, 6) is 1.30. The Hall–Kier alpha value is -2.39. The number of urea groups is 1. The number of rotatable bonds is 9. The summed E-state index contributed by atoms with van der Waals surface area (Å²) in [5, 5.41) is 11.8. The van der Waals surface area contributed by atoms with Crippen molar-refractivity contribution in [3.63, 3.8) is 0 Å². The van der Waals surface area contributed by atoms with Gasteiger partial charge in [0.25, 0.3) is 0 Å². The fraction of sp³-hybridized carbons (Fsp3) is 0.609. The van der Waals surface area contributed by atoms with Gasteiger partial charge < -0.3 is 16.0 Å². The zero-order valence-corrected chi connectivity index (χ0v) is 17.9. The second kappa shape index (κ2) is 12.2. The van der Waals surface area contributed by atoms with Crippen molar-refractivity contribution in [1.29, 1.82) is 5.26 Å². The van der Waals surface area contributed by atoms with E-state index in [9.17, 15) is 4.79 Å². The molecule has 0 saturated carbocycles. The largest absolute Gasteiger partial charge is 0.387 e. The standard InChI is InChI=1S/C23H35N5O/c1-3-8-18(9-4-2)13-15-28-14-7-11-20(17-28)22(25)27-23(29)26-21-12-6-5-10-19(21)16-24/h5-6,10,12,18,20H,3-4,7-9,11,13-15,17H2,1-2H3,(H3,25,26,27,29). The van der Waals surface area contributed by atoms with E-state index in [1.54, 1.807) is 24.3 Å². The van der Waals surface area contributed by atoms with Crippen LogP contribution in [0.5, 0.6) is 0 Å². The molecule has 1 unspecified atom stereocenters. The Balaban J connectivity index is 1.90. The van der Waals surface area contributed by atoms with E-state index in [4.69, 9.17) is 11.0 Å². The molecule has 0 bridgehead atoms. The fourth-order valence-electron chi connectivity index (χ4n) is 4.16. The van der Waals surface area contributed by atoms with E-state index in [2.05, 4.69) is 35.1 Å². The number of hydrogen-bond acceptors (Lipinski definition) is 3. The SMILES string of the molecule is CCCC(CCC)CCN1CCCC(/C(N)=N/C(=O)Nc2ccccc2C#N)C1. The Morgan fingerprint density at radius 1 is 1.31 bits per heavy atom. The summed E-state index contributed by atoms with van der Waals surface area (Å²) < 4.78 is 0. The molecule has 3 N–H and O–H groups in total. The van der Waals surface area contributed by atoms with Crippen LogP contribution in [-0.2, 0) is 0 Å². The first-order valence-electron chi connectivity index (χ1n) is 10.9. The molecule has 2 rings (SSSR count). The van der Waals surface area contributed by atoms with E-state index < -0.39 is 6.03 Å².